The summed E-state index contributed by atoms with van der Waals surface area (Å²) in [4.78, 5) is 12.9. The standard InChI is InChI=1S/C16H16N2O2/c1-11(16(19)20)10-18(2)15-8-7-12(9-17)13-5-3-4-6-14(13)15/h3-8,11H,10H2,1-2H3,(H,19,20). The van der Waals surface area contributed by atoms with Crippen molar-refractivity contribution in [1.29, 1.82) is 5.26 Å². The van der Waals surface area contributed by atoms with E-state index in [-0.39, 0.29) is 0 Å². The lowest BCUT2D eigenvalue weighted by Crippen LogP contribution is -2.28. The van der Waals surface area contributed by atoms with E-state index in [4.69, 9.17) is 10.4 Å². The SMILES string of the molecule is CC(CN(C)c1ccc(C#N)c2ccccc12)C(=O)O. The fourth-order valence-corrected chi connectivity index (χ4v) is 2.30. The topological polar surface area (TPSA) is 64.3 Å². The number of fused-ring (bicyclic) bond motifs is 1. The van der Waals surface area contributed by atoms with Crippen LogP contribution in [0, 0.1) is 17.2 Å². The maximum Gasteiger partial charge on any atom is 0.308 e. The van der Waals surface area contributed by atoms with Crippen LogP contribution >= 0.6 is 0 Å². The Morgan fingerprint density at radius 3 is 2.55 bits per heavy atom. The Kier molecular flexibility index (Phi) is 3.90. The van der Waals surface area contributed by atoms with E-state index in [1.54, 1.807) is 13.0 Å². The molecule has 1 unspecified atom stereocenters. The van der Waals surface area contributed by atoms with Crippen molar-refractivity contribution in [2.75, 3.05) is 18.5 Å². The lowest BCUT2D eigenvalue weighted by molar-refractivity contribution is -0.140. The van der Waals surface area contributed by atoms with Crippen molar-refractivity contribution in [3.05, 3.63) is 42.0 Å². The molecule has 0 saturated heterocycles. The molecule has 2 aromatic carbocycles. The van der Waals surface area contributed by atoms with Gasteiger partial charge in [0, 0.05) is 30.1 Å². The number of rotatable bonds is 4. The van der Waals surface area contributed by atoms with Gasteiger partial charge < -0.3 is 10.0 Å². The highest BCUT2D eigenvalue weighted by molar-refractivity contribution is 5.97. The van der Waals surface area contributed by atoms with E-state index >= 15 is 0 Å². The van der Waals surface area contributed by atoms with Crippen LogP contribution in [-0.2, 0) is 4.79 Å². The van der Waals surface area contributed by atoms with Gasteiger partial charge in [-0.3, -0.25) is 4.79 Å². The predicted octanol–water partition coefficient (Wildman–Crippen LogP) is 2.87. The summed E-state index contributed by atoms with van der Waals surface area (Å²) in [5.74, 6) is -1.26. The molecule has 102 valence electrons. The van der Waals surface area contributed by atoms with Crippen LogP contribution in [0.5, 0.6) is 0 Å². The number of anilines is 1. The molecule has 0 saturated carbocycles. The summed E-state index contributed by atoms with van der Waals surface area (Å²) >= 11 is 0. The maximum atomic E-state index is 11.0. The second-order valence-electron chi connectivity index (χ2n) is 4.91. The highest BCUT2D eigenvalue weighted by Crippen LogP contribution is 2.29. The first-order chi connectivity index (χ1) is 9.54. The highest BCUT2D eigenvalue weighted by atomic mass is 16.4. The summed E-state index contributed by atoms with van der Waals surface area (Å²) in [7, 11) is 1.87. The summed E-state index contributed by atoms with van der Waals surface area (Å²) in [6, 6.07) is 13.5. The maximum absolute atomic E-state index is 11.0. The van der Waals surface area contributed by atoms with E-state index in [0.717, 1.165) is 16.5 Å². The summed E-state index contributed by atoms with van der Waals surface area (Å²) in [5, 5.41) is 20.0. The van der Waals surface area contributed by atoms with Crippen LogP contribution in [0.1, 0.15) is 12.5 Å². The number of nitrogens with zero attached hydrogens (tertiary/aromatic N) is 2. The number of carboxylic acids is 1. The molecule has 0 spiro atoms. The quantitative estimate of drug-likeness (QED) is 0.926. The molecule has 0 fully saturated rings. The molecule has 0 aliphatic carbocycles. The number of carbonyl (C=O) groups is 1. The van der Waals surface area contributed by atoms with E-state index in [2.05, 4.69) is 6.07 Å². The summed E-state index contributed by atoms with van der Waals surface area (Å²) in [5.41, 5.74) is 1.57. The minimum absolute atomic E-state index is 0.422. The summed E-state index contributed by atoms with van der Waals surface area (Å²) in [6.45, 7) is 2.11. The predicted molar refractivity (Wildman–Crippen MR) is 78.7 cm³/mol. The molecular formula is C16H16N2O2. The zero-order valence-corrected chi connectivity index (χ0v) is 11.5. The second-order valence-corrected chi connectivity index (χ2v) is 4.91. The van der Waals surface area contributed by atoms with E-state index in [1.165, 1.54) is 0 Å². The average molecular weight is 268 g/mol. The van der Waals surface area contributed by atoms with Gasteiger partial charge in [0.15, 0.2) is 0 Å². The van der Waals surface area contributed by atoms with Crippen LogP contribution in [-0.4, -0.2) is 24.7 Å². The minimum atomic E-state index is -0.810. The Morgan fingerprint density at radius 1 is 1.30 bits per heavy atom. The number of benzene rings is 2. The molecule has 0 radical (unpaired) electrons. The van der Waals surface area contributed by atoms with Gasteiger partial charge in [-0.2, -0.15) is 5.26 Å². The monoisotopic (exact) mass is 268 g/mol. The molecule has 20 heavy (non-hydrogen) atoms. The third kappa shape index (κ3) is 2.57. The van der Waals surface area contributed by atoms with Gasteiger partial charge in [-0.15, -0.1) is 0 Å². The van der Waals surface area contributed by atoms with Gasteiger partial charge in [-0.05, 0) is 12.1 Å². The second kappa shape index (κ2) is 5.62. The van der Waals surface area contributed by atoms with E-state index < -0.39 is 11.9 Å². The van der Waals surface area contributed by atoms with Gasteiger partial charge in [0.1, 0.15) is 0 Å². The molecule has 4 nitrogen and oxygen atoms in total. The van der Waals surface area contributed by atoms with Crippen molar-refractivity contribution in [1.82, 2.24) is 0 Å². The third-order valence-corrected chi connectivity index (χ3v) is 3.40. The van der Waals surface area contributed by atoms with Crippen LogP contribution < -0.4 is 4.90 Å². The van der Waals surface area contributed by atoms with E-state index in [0.29, 0.717) is 12.1 Å². The van der Waals surface area contributed by atoms with Crippen molar-refractivity contribution < 1.29 is 9.90 Å². The first kappa shape index (κ1) is 13.9. The summed E-state index contributed by atoms with van der Waals surface area (Å²) in [6.07, 6.45) is 0. The molecule has 1 atom stereocenters. The number of hydrogen-bond donors (Lipinski definition) is 1. The van der Waals surface area contributed by atoms with Crippen molar-refractivity contribution in [3.63, 3.8) is 0 Å². The Labute approximate surface area is 117 Å². The largest absolute Gasteiger partial charge is 0.481 e. The van der Waals surface area contributed by atoms with Crippen LogP contribution in [0.2, 0.25) is 0 Å². The lowest BCUT2D eigenvalue weighted by Gasteiger charge is -2.23. The van der Waals surface area contributed by atoms with E-state index in [1.807, 2.05) is 42.3 Å². The molecule has 2 rings (SSSR count). The van der Waals surface area contributed by atoms with Gasteiger partial charge >= 0.3 is 5.97 Å². The Morgan fingerprint density at radius 2 is 1.95 bits per heavy atom. The fraction of sp³-hybridized carbons (Fsp3) is 0.250. The van der Waals surface area contributed by atoms with Gasteiger partial charge in [0.25, 0.3) is 0 Å². The van der Waals surface area contributed by atoms with Gasteiger partial charge in [-0.25, -0.2) is 0 Å². The Bertz CT molecular complexity index is 688. The third-order valence-electron chi connectivity index (χ3n) is 3.40. The number of aliphatic carboxylic acids is 1. The van der Waals surface area contributed by atoms with Gasteiger partial charge in [0.2, 0.25) is 0 Å². The number of hydrogen-bond acceptors (Lipinski definition) is 3. The first-order valence-electron chi connectivity index (χ1n) is 6.40. The Hall–Kier alpha value is -2.54. The normalized spacial score (nSPS) is 11.8. The zero-order valence-electron chi connectivity index (χ0n) is 11.5. The molecule has 0 aliphatic heterocycles. The molecule has 1 N–H and O–H groups in total. The van der Waals surface area contributed by atoms with Gasteiger partial charge in [-0.1, -0.05) is 31.2 Å². The molecule has 0 aliphatic rings. The molecule has 4 heteroatoms. The number of nitriles is 1. The molecule has 2 aromatic rings. The zero-order chi connectivity index (χ0) is 14.7. The number of carboxylic acid groups (broad SMARTS) is 1. The summed E-state index contributed by atoms with van der Waals surface area (Å²) < 4.78 is 0. The molecule has 0 heterocycles. The molecule has 0 aromatic heterocycles. The van der Waals surface area contributed by atoms with Crippen LogP contribution in [0.3, 0.4) is 0 Å². The smallest absolute Gasteiger partial charge is 0.308 e. The molecule has 0 amide bonds. The first-order valence-corrected chi connectivity index (χ1v) is 6.40. The highest BCUT2D eigenvalue weighted by Gasteiger charge is 2.16. The lowest BCUT2D eigenvalue weighted by atomic mass is 10.0. The van der Waals surface area contributed by atoms with Crippen molar-refractivity contribution >= 4 is 22.4 Å². The van der Waals surface area contributed by atoms with E-state index in [9.17, 15) is 4.79 Å². The van der Waals surface area contributed by atoms with Crippen LogP contribution in [0.25, 0.3) is 10.8 Å². The van der Waals surface area contributed by atoms with Crippen molar-refractivity contribution in [2.24, 2.45) is 5.92 Å². The fourth-order valence-electron chi connectivity index (χ4n) is 2.30. The average Bonchev–Trinajstić information content (AvgIpc) is 2.45. The minimum Gasteiger partial charge on any atom is -0.481 e. The van der Waals surface area contributed by atoms with Crippen LogP contribution in [0.4, 0.5) is 5.69 Å². The van der Waals surface area contributed by atoms with Gasteiger partial charge in [0.05, 0.1) is 17.6 Å². The molecular weight excluding hydrogens is 252 g/mol. The van der Waals surface area contributed by atoms with Crippen molar-refractivity contribution in [3.8, 4) is 6.07 Å². The molecule has 0 bridgehead atoms. The van der Waals surface area contributed by atoms with Crippen molar-refractivity contribution in [2.45, 2.75) is 6.92 Å². The Balaban J connectivity index is 2.45. The van der Waals surface area contributed by atoms with Crippen LogP contribution in [0.15, 0.2) is 36.4 Å².